The highest BCUT2D eigenvalue weighted by Crippen LogP contribution is 2.63. The lowest BCUT2D eigenvalue weighted by molar-refractivity contribution is -0.440. The molecule has 0 heterocycles. The topological polar surface area (TPSA) is 58.6 Å². The van der Waals surface area contributed by atoms with Gasteiger partial charge in [0.25, 0.3) is 0 Å². The summed E-state index contributed by atoms with van der Waals surface area (Å²) in [5, 5.41) is 12.8. The number of alkyl halides is 26. The number of hydrogen-bond acceptors (Lipinski definition) is 3. The molecule has 0 bridgehead atoms. The van der Waals surface area contributed by atoms with Gasteiger partial charge in [0.15, 0.2) is 0 Å². The maximum absolute atomic E-state index is 14.9. The maximum atomic E-state index is 14.9. The van der Waals surface area contributed by atoms with Gasteiger partial charge in [-0.05, 0) is 30.4 Å². The normalized spacial score (nSPS) is 15.6. The minimum atomic E-state index is -8.51. The lowest BCUT2D eigenvalue weighted by Gasteiger charge is -2.43. The summed E-state index contributed by atoms with van der Waals surface area (Å²) in [4.78, 5) is 12.7. The quantitative estimate of drug-likeness (QED) is 0.130. The molecule has 1 amide bonds. The van der Waals surface area contributed by atoms with E-state index in [0.29, 0.717) is 0 Å². The molecule has 0 aromatic heterocycles. The summed E-state index contributed by atoms with van der Waals surface area (Å²) in [5.74, 6) is -81.3. The molecule has 2 aromatic carbocycles. The molecule has 4 nitrogen and oxygen atoms in total. The molecule has 0 aliphatic carbocycles. The van der Waals surface area contributed by atoms with Crippen LogP contribution in [0.15, 0.2) is 60.7 Å². The Labute approximate surface area is 334 Å². The summed E-state index contributed by atoms with van der Waals surface area (Å²) in [6.07, 6.45) is -32.0. The summed E-state index contributed by atoms with van der Waals surface area (Å²) < 4.78 is 364. The predicted molar refractivity (Wildman–Crippen MR) is 159 cm³/mol. The van der Waals surface area contributed by atoms with Crippen molar-refractivity contribution >= 4 is 6.09 Å². The number of benzene rings is 2. The Morgan fingerprint density at radius 3 is 1.06 bits per heavy atom. The second kappa shape index (κ2) is 17.3. The van der Waals surface area contributed by atoms with E-state index in [1.54, 1.807) is 0 Å². The molecule has 30 heteroatoms. The molecule has 2 aromatic rings. The van der Waals surface area contributed by atoms with Gasteiger partial charge in [0.05, 0.1) is 11.6 Å². The number of hydrogen-bond donors (Lipinski definition) is 2. The first-order valence-electron chi connectivity index (χ1n) is 16.5. The Morgan fingerprint density at radius 1 is 0.444 bits per heavy atom. The van der Waals surface area contributed by atoms with Crippen LogP contribution in [0.25, 0.3) is 0 Å². The van der Waals surface area contributed by atoms with Crippen LogP contribution in [0.1, 0.15) is 36.8 Å². The molecule has 0 aliphatic rings. The molecule has 63 heavy (non-hydrogen) atoms. The molecule has 0 spiro atoms. The van der Waals surface area contributed by atoms with E-state index in [1.165, 1.54) is 35.6 Å². The molecule has 0 saturated heterocycles. The van der Waals surface area contributed by atoms with Crippen LogP contribution in [0.3, 0.4) is 0 Å². The number of rotatable bonds is 20. The second-order valence-electron chi connectivity index (χ2n) is 13.6. The lowest BCUT2D eigenvalue weighted by atomic mass is 9.78. The fourth-order valence-electron chi connectivity index (χ4n) is 5.27. The summed E-state index contributed by atoms with van der Waals surface area (Å²) in [6, 6.07) is 8.38. The van der Waals surface area contributed by atoms with Gasteiger partial charge in [-0.15, -0.1) is 0 Å². The van der Waals surface area contributed by atoms with Gasteiger partial charge in [-0.3, -0.25) is 0 Å². The van der Waals surface area contributed by atoms with Crippen LogP contribution < -0.4 is 5.32 Å². The second-order valence-corrected chi connectivity index (χ2v) is 13.6. The summed E-state index contributed by atoms with van der Waals surface area (Å²) >= 11 is 0. The zero-order valence-corrected chi connectivity index (χ0v) is 30.2. The fraction of sp³-hybridized carbons (Fsp3) is 0.606. The fourth-order valence-corrected chi connectivity index (χ4v) is 5.27. The summed E-state index contributed by atoms with van der Waals surface area (Å²) in [6.45, 7) is -0.866. The monoisotopic (exact) mass is 977 g/mol. The molecular formula is C33H25F26NO3. The minimum Gasteiger partial charge on any atom is -0.445 e. The third-order valence-electron chi connectivity index (χ3n) is 9.18. The van der Waals surface area contributed by atoms with Gasteiger partial charge in [-0.25, -0.2) is 4.79 Å². The molecule has 1 atom stereocenters. The van der Waals surface area contributed by atoms with Crippen LogP contribution in [0, 0.1) is 0 Å². The van der Waals surface area contributed by atoms with Crippen LogP contribution in [0.4, 0.5) is 119 Å². The molecular weight excluding hydrogens is 952 g/mol. The van der Waals surface area contributed by atoms with Crippen molar-refractivity contribution in [3.8, 4) is 0 Å². The third kappa shape index (κ3) is 9.92. The number of carbonyl (C=O) groups is 1. The number of halogens is 26. The van der Waals surface area contributed by atoms with Crippen molar-refractivity contribution in [1.29, 1.82) is 0 Å². The third-order valence-corrected chi connectivity index (χ3v) is 9.18. The smallest absolute Gasteiger partial charge is 0.445 e. The highest BCUT2D eigenvalue weighted by atomic mass is 19.4. The minimum absolute atomic E-state index is 0.0499. The summed E-state index contributed by atoms with van der Waals surface area (Å²) in [7, 11) is 0. The number of alkyl carbamates (subject to hydrolysis) is 1. The van der Waals surface area contributed by atoms with Crippen molar-refractivity contribution in [2.24, 2.45) is 0 Å². The Morgan fingerprint density at radius 2 is 0.746 bits per heavy atom. The van der Waals surface area contributed by atoms with E-state index in [9.17, 15) is 124 Å². The molecule has 2 rings (SSSR count). The van der Waals surface area contributed by atoms with Crippen LogP contribution >= 0.6 is 0 Å². The molecule has 0 unspecified atom stereocenters. The van der Waals surface area contributed by atoms with E-state index in [2.05, 4.69) is 4.74 Å². The molecule has 0 fully saturated rings. The molecule has 0 aliphatic heterocycles. The first-order chi connectivity index (χ1) is 27.9. The van der Waals surface area contributed by atoms with E-state index in [0.717, 1.165) is 30.3 Å². The standard InChI is InChI=1S/C33H25F26NO3/c34-22(35,24(38,39)26(42,43)28(46,47)30(50,51)32(54,55)56)13-11-21(62,12-14-23(36,37)25(40,41)27(44,45)29(48,49)31(52,53)33(57,58)59)19(15-17-7-3-1-4-8-17)60-20(61)63-16-18-9-5-2-6-10-18/h1-10,19,62H,11-16H2,(H,60,61)/t19-/m0/s1. The molecule has 0 radical (unpaired) electrons. The zero-order chi connectivity index (χ0) is 49.5. The van der Waals surface area contributed by atoms with Gasteiger partial charge in [0.2, 0.25) is 0 Å². The average molecular weight is 978 g/mol. The van der Waals surface area contributed by atoms with Gasteiger partial charge in [0, 0.05) is 12.8 Å². The lowest BCUT2D eigenvalue weighted by Crippen LogP contribution is -2.70. The SMILES string of the molecule is O=C(N[C@@H](Cc1ccccc1)C(O)(CCC(F)(F)C(F)(F)C(F)(F)C(F)(F)C(F)(F)C(F)(F)F)CCC(F)(F)C(F)(F)C(F)(F)C(F)(F)C(F)(F)C(F)(F)F)OCc1ccccc1. The van der Waals surface area contributed by atoms with E-state index < -0.39 is 134 Å². The van der Waals surface area contributed by atoms with Gasteiger partial charge >= 0.3 is 77.7 Å². The van der Waals surface area contributed by atoms with Crippen molar-refractivity contribution < 1.29 is 129 Å². The van der Waals surface area contributed by atoms with Crippen LogP contribution in [0.2, 0.25) is 0 Å². The van der Waals surface area contributed by atoms with E-state index in [1.807, 2.05) is 0 Å². The highest BCUT2D eigenvalue weighted by molar-refractivity contribution is 5.68. The van der Waals surface area contributed by atoms with E-state index in [4.69, 9.17) is 0 Å². The first kappa shape index (κ1) is 55.0. The van der Waals surface area contributed by atoms with Gasteiger partial charge in [-0.2, -0.15) is 114 Å². The Kier molecular flexibility index (Phi) is 15.1. The van der Waals surface area contributed by atoms with Crippen molar-refractivity contribution in [1.82, 2.24) is 5.32 Å². The summed E-state index contributed by atoms with van der Waals surface area (Å²) in [5.41, 5.74) is -4.77. The number of nitrogens with one attached hydrogen (secondary N) is 1. The van der Waals surface area contributed by atoms with Gasteiger partial charge in [0.1, 0.15) is 6.61 Å². The van der Waals surface area contributed by atoms with Crippen molar-refractivity contribution in [3.63, 3.8) is 0 Å². The largest absolute Gasteiger partial charge is 0.460 e. The van der Waals surface area contributed by atoms with Crippen LogP contribution in [-0.4, -0.2) is 94.4 Å². The number of ether oxygens (including phenoxy) is 1. The zero-order valence-electron chi connectivity index (χ0n) is 30.2. The molecule has 362 valence electrons. The number of aliphatic hydroxyl groups is 1. The van der Waals surface area contributed by atoms with Crippen LogP contribution in [-0.2, 0) is 17.8 Å². The van der Waals surface area contributed by atoms with Crippen molar-refractivity contribution in [2.45, 2.75) is 122 Å². The molecule has 2 N–H and O–H groups in total. The molecule has 0 saturated carbocycles. The first-order valence-corrected chi connectivity index (χ1v) is 16.5. The average Bonchev–Trinajstić information content (AvgIpc) is 3.14. The Hall–Kier alpha value is -4.15. The van der Waals surface area contributed by atoms with Crippen molar-refractivity contribution in [3.05, 3.63) is 71.8 Å². The van der Waals surface area contributed by atoms with Gasteiger partial charge in [-0.1, -0.05) is 60.7 Å². The maximum Gasteiger partial charge on any atom is 0.460 e. The Balaban J connectivity index is 2.79. The van der Waals surface area contributed by atoms with E-state index >= 15 is 0 Å². The van der Waals surface area contributed by atoms with Crippen molar-refractivity contribution in [2.75, 3.05) is 0 Å². The number of carbonyl (C=O) groups excluding carboxylic acids is 1. The highest BCUT2D eigenvalue weighted by Gasteiger charge is 2.92. The van der Waals surface area contributed by atoms with Gasteiger partial charge < -0.3 is 15.2 Å². The van der Waals surface area contributed by atoms with Crippen LogP contribution in [0.5, 0.6) is 0 Å². The Bertz CT molecular complexity index is 1750. The van der Waals surface area contributed by atoms with E-state index in [-0.39, 0.29) is 5.56 Å². The number of amides is 1. The predicted octanol–water partition coefficient (Wildman–Crippen LogP) is 12.3.